The third-order valence-electron chi connectivity index (χ3n) is 3.04. The van der Waals surface area contributed by atoms with Crippen LogP contribution in [0.3, 0.4) is 0 Å². The molecule has 0 aliphatic carbocycles. The molecule has 3 heteroatoms. The minimum absolute atomic E-state index is 0.629. The van der Waals surface area contributed by atoms with Crippen molar-refractivity contribution in [3.8, 4) is 16.9 Å². The normalized spacial score (nSPS) is 10.8. The molecule has 0 radical (unpaired) electrons. The van der Waals surface area contributed by atoms with Gasteiger partial charge in [0.15, 0.2) is 0 Å². The van der Waals surface area contributed by atoms with Gasteiger partial charge in [0.1, 0.15) is 5.75 Å². The summed E-state index contributed by atoms with van der Waals surface area (Å²) in [5, 5.41) is 1.82. The number of halogens is 1. The molecule has 0 aliphatic heterocycles. The maximum Gasteiger partial charge on any atom is 0.137 e. The molecule has 0 aliphatic rings. The molecule has 1 aromatic heterocycles. The zero-order valence-corrected chi connectivity index (χ0v) is 10.7. The molecule has 18 heavy (non-hydrogen) atoms. The lowest BCUT2D eigenvalue weighted by molar-refractivity contribution is 0.415. The summed E-state index contributed by atoms with van der Waals surface area (Å²) in [5.41, 5.74) is 3.37. The first-order valence-corrected chi connectivity index (χ1v) is 6.07. The van der Waals surface area contributed by atoms with Crippen LogP contribution in [0.15, 0.2) is 48.7 Å². The van der Waals surface area contributed by atoms with Gasteiger partial charge in [-0.25, -0.2) is 0 Å². The highest BCUT2D eigenvalue weighted by Gasteiger charge is 2.04. The third-order valence-corrected chi connectivity index (χ3v) is 3.33. The van der Waals surface area contributed by atoms with Crippen molar-refractivity contribution >= 4 is 22.5 Å². The molecule has 0 amide bonds. The lowest BCUT2D eigenvalue weighted by Crippen LogP contribution is -1.85. The molecule has 1 N–H and O–H groups in total. The van der Waals surface area contributed by atoms with E-state index in [0.29, 0.717) is 10.8 Å². The van der Waals surface area contributed by atoms with Crippen LogP contribution < -0.4 is 4.74 Å². The van der Waals surface area contributed by atoms with Gasteiger partial charge in [-0.2, -0.15) is 0 Å². The topological polar surface area (TPSA) is 25.0 Å². The molecule has 0 saturated carbocycles. The standard InChI is InChI=1S/C15H12ClNO/c1-18-15-5-3-11(9-13(15)16)10-2-4-14-12(8-10)6-7-17-14/h2-9,17H,1H3. The number of ether oxygens (including phenoxy) is 1. The van der Waals surface area contributed by atoms with Crippen molar-refractivity contribution in [1.82, 2.24) is 4.98 Å². The lowest BCUT2D eigenvalue weighted by Gasteiger charge is -2.06. The second-order valence-electron chi connectivity index (χ2n) is 4.13. The quantitative estimate of drug-likeness (QED) is 0.719. The van der Waals surface area contributed by atoms with E-state index in [1.165, 1.54) is 5.39 Å². The zero-order chi connectivity index (χ0) is 12.5. The van der Waals surface area contributed by atoms with Crippen molar-refractivity contribution in [3.63, 3.8) is 0 Å². The van der Waals surface area contributed by atoms with E-state index in [1.54, 1.807) is 7.11 Å². The Kier molecular flexibility index (Phi) is 2.73. The minimum atomic E-state index is 0.629. The number of benzene rings is 2. The first kappa shape index (κ1) is 11.2. The summed E-state index contributed by atoms with van der Waals surface area (Å²) in [7, 11) is 1.62. The summed E-state index contributed by atoms with van der Waals surface area (Å²) in [5.74, 6) is 0.697. The summed E-state index contributed by atoms with van der Waals surface area (Å²) in [6.07, 6.45) is 1.94. The van der Waals surface area contributed by atoms with Gasteiger partial charge in [0.25, 0.3) is 0 Å². The van der Waals surface area contributed by atoms with Crippen LogP contribution in [0.5, 0.6) is 5.75 Å². The molecule has 1 heterocycles. The molecule has 0 atom stereocenters. The first-order chi connectivity index (χ1) is 8.78. The fourth-order valence-corrected chi connectivity index (χ4v) is 2.34. The molecule has 2 aromatic carbocycles. The summed E-state index contributed by atoms with van der Waals surface area (Å²) >= 11 is 6.15. The van der Waals surface area contributed by atoms with Gasteiger partial charge in [0.05, 0.1) is 12.1 Å². The highest BCUT2D eigenvalue weighted by Crippen LogP contribution is 2.31. The molecule has 0 fully saturated rings. The average Bonchev–Trinajstić information content (AvgIpc) is 2.85. The monoisotopic (exact) mass is 257 g/mol. The van der Waals surface area contributed by atoms with Gasteiger partial charge in [-0.05, 0) is 46.8 Å². The highest BCUT2D eigenvalue weighted by atomic mass is 35.5. The molecular formula is C15H12ClNO. The van der Waals surface area contributed by atoms with Crippen molar-refractivity contribution in [2.45, 2.75) is 0 Å². The van der Waals surface area contributed by atoms with E-state index < -0.39 is 0 Å². The summed E-state index contributed by atoms with van der Waals surface area (Å²) in [6, 6.07) is 14.2. The van der Waals surface area contributed by atoms with Crippen LogP contribution in [0, 0.1) is 0 Å². The van der Waals surface area contributed by atoms with Gasteiger partial charge in [0.2, 0.25) is 0 Å². The van der Waals surface area contributed by atoms with E-state index in [0.717, 1.165) is 16.6 Å². The van der Waals surface area contributed by atoms with E-state index in [2.05, 4.69) is 29.2 Å². The smallest absolute Gasteiger partial charge is 0.137 e. The van der Waals surface area contributed by atoms with Crippen molar-refractivity contribution < 1.29 is 4.74 Å². The third kappa shape index (κ3) is 1.85. The van der Waals surface area contributed by atoms with Crippen LogP contribution in [0.2, 0.25) is 5.02 Å². The Bertz CT molecular complexity index is 703. The maximum absolute atomic E-state index is 6.15. The molecule has 90 valence electrons. The van der Waals surface area contributed by atoms with Gasteiger partial charge in [0, 0.05) is 11.7 Å². The molecule has 3 rings (SSSR count). The number of aromatic nitrogens is 1. The van der Waals surface area contributed by atoms with Crippen molar-refractivity contribution in [2.24, 2.45) is 0 Å². The molecule has 0 saturated heterocycles. The Morgan fingerprint density at radius 1 is 1.00 bits per heavy atom. The number of hydrogen-bond donors (Lipinski definition) is 1. The SMILES string of the molecule is COc1ccc(-c2ccc3[nH]ccc3c2)cc1Cl. The average molecular weight is 258 g/mol. The minimum Gasteiger partial charge on any atom is -0.495 e. The lowest BCUT2D eigenvalue weighted by atomic mass is 10.0. The second kappa shape index (κ2) is 4.39. The number of aromatic amines is 1. The van der Waals surface area contributed by atoms with Crippen LogP contribution >= 0.6 is 11.6 Å². The number of hydrogen-bond acceptors (Lipinski definition) is 1. The molecule has 0 bridgehead atoms. The van der Waals surface area contributed by atoms with E-state index in [4.69, 9.17) is 16.3 Å². The van der Waals surface area contributed by atoms with E-state index in [-0.39, 0.29) is 0 Å². The molecule has 0 unspecified atom stereocenters. The molecule has 2 nitrogen and oxygen atoms in total. The summed E-state index contributed by atoms with van der Waals surface area (Å²) in [6.45, 7) is 0. The Morgan fingerprint density at radius 3 is 2.56 bits per heavy atom. The number of nitrogens with one attached hydrogen (secondary N) is 1. The van der Waals surface area contributed by atoms with Crippen LogP contribution in [-0.4, -0.2) is 12.1 Å². The van der Waals surface area contributed by atoms with Crippen LogP contribution in [0.4, 0.5) is 0 Å². The molecular weight excluding hydrogens is 246 g/mol. The van der Waals surface area contributed by atoms with Crippen LogP contribution in [0.1, 0.15) is 0 Å². The van der Waals surface area contributed by atoms with E-state index in [9.17, 15) is 0 Å². The number of H-pyrrole nitrogens is 1. The maximum atomic E-state index is 6.15. The fourth-order valence-electron chi connectivity index (χ4n) is 2.08. The summed E-state index contributed by atoms with van der Waals surface area (Å²) in [4.78, 5) is 3.18. The van der Waals surface area contributed by atoms with Crippen molar-refractivity contribution in [1.29, 1.82) is 0 Å². The van der Waals surface area contributed by atoms with Gasteiger partial charge in [-0.1, -0.05) is 23.7 Å². The largest absolute Gasteiger partial charge is 0.495 e. The van der Waals surface area contributed by atoms with E-state index >= 15 is 0 Å². The van der Waals surface area contributed by atoms with Gasteiger partial charge < -0.3 is 9.72 Å². The van der Waals surface area contributed by atoms with E-state index in [1.807, 2.05) is 24.4 Å². The van der Waals surface area contributed by atoms with Crippen molar-refractivity contribution in [3.05, 3.63) is 53.7 Å². The van der Waals surface area contributed by atoms with Gasteiger partial charge in [-0.3, -0.25) is 0 Å². The Morgan fingerprint density at radius 2 is 1.78 bits per heavy atom. The Labute approximate surface area is 110 Å². The number of rotatable bonds is 2. The number of fused-ring (bicyclic) bond motifs is 1. The van der Waals surface area contributed by atoms with Gasteiger partial charge >= 0.3 is 0 Å². The van der Waals surface area contributed by atoms with Gasteiger partial charge in [-0.15, -0.1) is 0 Å². The Hall–Kier alpha value is -1.93. The molecule has 0 spiro atoms. The van der Waals surface area contributed by atoms with Crippen LogP contribution in [-0.2, 0) is 0 Å². The second-order valence-corrected chi connectivity index (χ2v) is 4.54. The zero-order valence-electron chi connectivity index (χ0n) is 9.91. The Balaban J connectivity index is 2.10. The molecule has 3 aromatic rings. The number of methoxy groups -OCH3 is 1. The first-order valence-electron chi connectivity index (χ1n) is 5.69. The fraction of sp³-hybridized carbons (Fsp3) is 0.0667. The van der Waals surface area contributed by atoms with Crippen molar-refractivity contribution in [2.75, 3.05) is 7.11 Å². The predicted molar refractivity (Wildman–Crippen MR) is 75.3 cm³/mol. The highest BCUT2D eigenvalue weighted by molar-refractivity contribution is 6.32. The summed E-state index contributed by atoms with van der Waals surface area (Å²) < 4.78 is 5.16. The predicted octanol–water partition coefficient (Wildman–Crippen LogP) is 4.50. The van der Waals surface area contributed by atoms with Crippen LogP contribution in [0.25, 0.3) is 22.0 Å².